The van der Waals surface area contributed by atoms with Crippen molar-refractivity contribution in [3.8, 4) is 22.9 Å². The average Bonchev–Trinajstić information content (AvgIpc) is 3.49. The van der Waals surface area contributed by atoms with E-state index in [0.717, 1.165) is 0 Å². The third kappa shape index (κ3) is 4.31. The standard InChI is InChI=1S/C21H18N4O4S/c22-20(27)13-5-1-2-6-14(13)23-17(26)9-12-30-21-24-18(15-7-3-10-28-15)19(25-21)16-8-4-11-29-16/h1-8,10-11H,9,12H2,(H2,22,27)(H,23,26)(H,24,25). The second-order valence-corrected chi connectivity index (χ2v) is 7.36. The highest BCUT2D eigenvalue weighted by Crippen LogP contribution is 2.33. The number of carbonyl (C=O) groups is 2. The van der Waals surface area contributed by atoms with Crippen LogP contribution in [0.3, 0.4) is 0 Å². The molecular formula is C21H18N4O4S. The van der Waals surface area contributed by atoms with Gasteiger partial charge in [-0.05, 0) is 36.4 Å². The molecule has 8 nitrogen and oxygen atoms in total. The fraction of sp³-hybridized carbons (Fsp3) is 0.0952. The van der Waals surface area contributed by atoms with Crippen LogP contribution < -0.4 is 11.1 Å². The summed E-state index contributed by atoms with van der Waals surface area (Å²) in [5, 5.41) is 3.36. The summed E-state index contributed by atoms with van der Waals surface area (Å²) in [5.74, 6) is 0.923. The second kappa shape index (κ2) is 8.75. The van der Waals surface area contributed by atoms with Gasteiger partial charge in [-0.25, -0.2) is 4.98 Å². The number of nitrogens with one attached hydrogen (secondary N) is 2. The van der Waals surface area contributed by atoms with E-state index in [-0.39, 0.29) is 17.9 Å². The lowest BCUT2D eigenvalue weighted by Gasteiger charge is -2.08. The smallest absolute Gasteiger partial charge is 0.250 e. The van der Waals surface area contributed by atoms with E-state index in [0.29, 0.717) is 39.5 Å². The van der Waals surface area contributed by atoms with Crippen LogP contribution in [0, 0.1) is 0 Å². The van der Waals surface area contributed by atoms with E-state index in [9.17, 15) is 9.59 Å². The first-order valence-corrected chi connectivity index (χ1v) is 10.1. The molecule has 0 aliphatic carbocycles. The molecule has 4 N–H and O–H groups in total. The molecule has 0 unspecified atom stereocenters. The number of furan rings is 2. The first-order valence-electron chi connectivity index (χ1n) is 9.11. The molecule has 3 heterocycles. The summed E-state index contributed by atoms with van der Waals surface area (Å²) in [4.78, 5) is 31.6. The van der Waals surface area contributed by atoms with Crippen molar-refractivity contribution in [2.75, 3.05) is 11.1 Å². The highest BCUT2D eigenvalue weighted by Gasteiger charge is 2.18. The quantitative estimate of drug-likeness (QED) is 0.366. The van der Waals surface area contributed by atoms with Crippen LogP contribution in [0.4, 0.5) is 5.69 Å². The Balaban J connectivity index is 1.42. The molecule has 0 bridgehead atoms. The van der Waals surface area contributed by atoms with Gasteiger partial charge >= 0.3 is 0 Å². The topological polar surface area (TPSA) is 127 Å². The van der Waals surface area contributed by atoms with Crippen LogP contribution in [0.15, 0.2) is 75.0 Å². The van der Waals surface area contributed by atoms with Crippen LogP contribution >= 0.6 is 11.8 Å². The van der Waals surface area contributed by atoms with Crippen molar-refractivity contribution in [3.63, 3.8) is 0 Å². The summed E-state index contributed by atoms with van der Waals surface area (Å²) in [5.41, 5.74) is 7.36. The van der Waals surface area contributed by atoms with Gasteiger partial charge in [-0.15, -0.1) is 0 Å². The SMILES string of the molecule is NC(=O)c1ccccc1NC(=O)CCSc1nc(-c2ccco2)c(-c2ccco2)[nH]1. The van der Waals surface area contributed by atoms with Crippen LogP contribution in [-0.4, -0.2) is 27.5 Å². The number of hydrogen-bond acceptors (Lipinski definition) is 6. The molecule has 152 valence electrons. The normalized spacial score (nSPS) is 10.8. The maximum atomic E-state index is 12.3. The Morgan fingerprint density at radius 1 is 1.03 bits per heavy atom. The summed E-state index contributed by atoms with van der Waals surface area (Å²) in [6, 6.07) is 13.9. The Hall–Kier alpha value is -3.72. The highest BCUT2D eigenvalue weighted by atomic mass is 32.2. The number of imidazole rings is 1. The van der Waals surface area contributed by atoms with Crippen molar-refractivity contribution < 1.29 is 18.4 Å². The lowest BCUT2D eigenvalue weighted by molar-refractivity contribution is -0.115. The summed E-state index contributed by atoms with van der Waals surface area (Å²) in [6.07, 6.45) is 3.39. The number of benzene rings is 1. The number of nitrogens with two attached hydrogens (primary N) is 1. The Morgan fingerprint density at radius 2 is 1.77 bits per heavy atom. The average molecular weight is 422 g/mol. The maximum Gasteiger partial charge on any atom is 0.250 e. The summed E-state index contributed by atoms with van der Waals surface area (Å²) >= 11 is 1.40. The first kappa shape index (κ1) is 19.6. The summed E-state index contributed by atoms with van der Waals surface area (Å²) in [6.45, 7) is 0. The third-order valence-electron chi connectivity index (χ3n) is 4.24. The number of anilines is 1. The van der Waals surface area contributed by atoms with Crippen LogP contribution in [0.5, 0.6) is 0 Å². The monoisotopic (exact) mass is 422 g/mol. The Kier molecular flexibility index (Phi) is 5.71. The van der Waals surface area contributed by atoms with Crippen molar-refractivity contribution in [2.45, 2.75) is 11.6 Å². The van der Waals surface area contributed by atoms with E-state index in [1.807, 2.05) is 12.1 Å². The van der Waals surface area contributed by atoms with Crippen LogP contribution in [0.2, 0.25) is 0 Å². The van der Waals surface area contributed by atoms with Crippen LogP contribution in [0.1, 0.15) is 16.8 Å². The lowest BCUT2D eigenvalue weighted by atomic mass is 10.1. The van der Waals surface area contributed by atoms with Crippen molar-refractivity contribution in [1.82, 2.24) is 9.97 Å². The van der Waals surface area contributed by atoms with E-state index < -0.39 is 5.91 Å². The fourth-order valence-corrected chi connectivity index (χ4v) is 3.68. The summed E-state index contributed by atoms with van der Waals surface area (Å²) < 4.78 is 11.0. The highest BCUT2D eigenvalue weighted by molar-refractivity contribution is 7.99. The number of rotatable bonds is 8. The zero-order chi connectivity index (χ0) is 20.9. The first-order chi connectivity index (χ1) is 14.6. The van der Waals surface area contributed by atoms with Crippen LogP contribution in [0.25, 0.3) is 22.9 Å². The number of amides is 2. The minimum Gasteiger partial charge on any atom is -0.463 e. The van der Waals surface area contributed by atoms with Gasteiger partial charge in [0.2, 0.25) is 5.91 Å². The molecule has 0 saturated carbocycles. The van der Waals surface area contributed by atoms with E-state index in [2.05, 4.69) is 15.3 Å². The van der Waals surface area contributed by atoms with E-state index >= 15 is 0 Å². The molecule has 0 fully saturated rings. The number of para-hydroxylation sites is 1. The van der Waals surface area contributed by atoms with Crippen molar-refractivity contribution in [2.24, 2.45) is 5.73 Å². The molecule has 0 atom stereocenters. The Labute approximate surface area is 175 Å². The molecule has 0 aliphatic heterocycles. The number of aromatic amines is 1. The third-order valence-corrected chi connectivity index (χ3v) is 5.11. The molecule has 4 aromatic rings. The number of thioether (sulfide) groups is 1. The molecule has 9 heteroatoms. The van der Waals surface area contributed by atoms with Crippen molar-refractivity contribution in [3.05, 3.63) is 66.6 Å². The number of carbonyl (C=O) groups excluding carboxylic acids is 2. The molecule has 0 radical (unpaired) electrons. The largest absolute Gasteiger partial charge is 0.463 e. The predicted octanol–water partition coefficient (Wildman–Crippen LogP) is 4.15. The number of hydrogen-bond donors (Lipinski definition) is 3. The number of nitrogens with zero attached hydrogens (tertiary/aromatic N) is 1. The Morgan fingerprint density at radius 3 is 2.47 bits per heavy atom. The summed E-state index contributed by atoms with van der Waals surface area (Å²) in [7, 11) is 0. The fourth-order valence-electron chi connectivity index (χ4n) is 2.87. The second-order valence-electron chi connectivity index (χ2n) is 6.28. The number of primary amides is 1. The molecular weight excluding hydrogens is 404 g/mol. The van der Waals surface area contributed by atoms with Gasteiger partial charge in [0.1, 0.15) is 11.4 Å². The molecule has 3 aromatic heterocycles. The van der Waals surface area contributed by atoms with E-state index in [1.54, 1.807) is 48.9 Å². The van der Waals surface area contributed by atoms with Gasteiger partial charge < -0.3 is 24.9 Å². The van der Waals surface area contributed by atoms with Crippen molar-refractivity contribution >= 4 is 29.3 Å². The predicted molar refractivity (Wildman–Crippen MR) is 113 cm³/mol. The molecule has 0 saturated heterocycles. The van der Waals surface area contributed by atoms with Gasteiger partial charge in [0, 0.05) is 12.2 Å². The van der Waals surface area contributed by atoms with E-state index in [1.165, 1.54) is 11.8 Å². The minimum atomic E-state index is -0.591. The van der Waals surface area contributed by atoms with Gasteiger partial charge in [0.15, 0.2) is 16.7 Å². The van der Waals surface area contributed by atoms with Gasteiger partial charge in [0.25, 0.3) is 5.91 Å². The molecule has 30 heavy (non-hydrogen) atoms. The molecule has 4 rings (SSSR count). The zero-order valence-electron chi connectivity index (χ0n) is 15.8. The minimum absolute atomic E-state index is 0.222. The molecule has 0 aliphatic rings. The van der Waals surface area contributed by atoms with Gasteiger partial charge in [0.05, 0.1) is 23.8 Å². The zero-order valence-corrected chi connectivity index (χ0v) is 16.6. The van der Waals surface area contributed by atoms with Crippen molar-refractivity contribution in [1.29, 1.82) is 0 Å². The van der Waals surface area contributed by atoms with Gasteiger partial charge in [-0.3, -0.25) is 9.59 Å². The van der Waals surface area contributed by atoms with Crippen LogP contribution in [-0.2, 0) is 4.79 Å². The maximum absolute atomic E-state index is 12.3. The lowest BCUT2D eigenvalue weighted by Crippen LogP contribution is -2.18. The van der Waals surface area contributed by atoms with Gasteiger partial charge in [-0.1, -0.05) is 23.9 Å². The molecule has 1 aromatic carbocycles. The Bertz CT molecular complexity index is 1100. The molecule has 0 spiro atoms. The van der Waals surface area contributed by atoms with E-state index in [4.69, 9.17) is 14.6 Å². The van der Waals surface area contributed by atoms with Gasteiger partial charge in [-0.2, -0.15) is 0 Å². The molecule has 2 amide bonds. The number of aromatic nitrogens is 2. The number of H-pyrrole nitrogens is 1.